The summed E-state index contributed by atoms with van der Waals surface area (Å²) in [5.41, 5.74) is 1.41. The van der Waals surface area contributed by atoms with E-state index < -0.39 is 0 Å². The Bertz CT molecular complexity index is 630. The Morgan fingerprint density at radius 2 is 1.95 bits per heavy atom. The van der Waals surface area contributed by atoms with Gasteiger partial charge in [0.2, 0.25) is 5.89 Å². The quantitative estimate of drug-likeness (QED) is 0.849. The molecule has 0 saturated carbocycles. The molecular formula is C17H22ClN3O. The number of piperidine rings is 1. The minimum Gasteiger partial charge on any atom is -0.339 e. The molecule has 0 spiro atoms. The molecule has 22 heavy (non-hydrogen) atoms. The van der Waals surface area contributed by atoms with E-state index in [0.29, 0.717) is 23.9 Å². The van der Waals surface area contributed by atoms with Gasteiger partial charge in [0.05, 0.1) is 5.92 Å². The van der Waals surface area contributed by atoms with E-state index in [1.807, 2.05) is 6.92 Å². The van der Waals surface area contributed by atoms with Gasteiger partial charge in [-0.2, -0.15) is 4.98 Å². The Labute approximate surface area is 137 Å². The van der Waals surface area contributed by atoms with Gasteiger partial charge in [-0.3, -0.25) is 4.90 Å². The predicted octanol–water partition coefficient (Wildman–Crippen LogP) is 3.53. The first-order valence-corrected chi connectivity index (χ1v) is 7.81. The molecule has 0 N–H and O–H groups in total. The molecule has 2 unspecified atom stereocenters. The van der Waals surface area contributed by atoms with E-state index in [4.69, 9.17) is 4.52 Å². The molecule has 2 aliphatic heterocycles. The van der Waals surface area contributed by atoms with E-state index in [1.165, 1.54) is 24.8 Å². The van der Waals surface area contributed by atoms with Crippen LogP contribution in [0.2, 0.25) is 0 Å². The fourth-order valence-corrected chi connectivity index (χ4v) is 4.29. The van der Waals surface area contributed by atoms with E-state index in [2.05, 4.69) is 52.4 Å². The highest BCUT2D eigenvalue weighted by Crippen LogP contribution is 2.50. The van der Waals surface area contributed by atoms with Crippen LogP contribution in [0.5, 0.6) is 0 Å². The first kappa shape index (κ1) is 15.5. The summed E-state index contributed by atoms with van der Waals surface area (Å²) in [6, 6.07) is 12.0. The Hall–Kier alpha value is -1.39. The van der Waals surface area contributed by atoms with Crippen LogP contribution >= 0.6 is 12.4 Å². The zero-order valence-corrected chi connectivity index (χ0v) is 13.8. The first-order valence-electron chi connectivity index (χ1n) is 7.81. The Morgan fingerprint density at radius 3 is 2.64 bits per heavy atom. The van der Waals surface area contributed by atoms with Crippen molar-refractivity contribution in [1.29, 1.82) is 0 Å². The summed E-state index contributed by atoms with van der Waals surface area (Å²) < 4.78 is 5.57. The van der Waals surface area contributed by atoms with Crippen LogP contribution in [0.1, 0.15) is 48.4 Å². The lowest BCUT2D eigenvalue weighted by Crippen LogP contribution is -2.44. The molecule has 4 rings (SSSR count). The number of likely N-dealkylation sites (N-methyl/N-ethyl adjacent to an activating group) is 1. The molecule has 2 aliphatic rings. The summed E-state index contributed by atoms with van der Waals surface area (Å²) in [4.78, 5) is 7.09. The zero-order chi connectivity index (χ0) is 14.4. The number of halogens is 1. The number of nitrogens with zero attached hydrogens (tertiary/aromatic N) is 3. The number of fused-ring (bicyclic) bond motifs is 2. The summed E-state index contributed by atoms with van der Waals surface area (Å²) in [5.74, 6) is 2.36. The van der Waals surface area contributed by atoms with Crippen molar-refractivity contribution in [3.63, 3.8) is 0 Å². The molecule has 4 nitrogen and oxygen atoms in total. The van der Waals surface area contributed by atoms with Gasteiger partial charge in [0.15, 0.2) is 5.82 Å². The normalized spacial score (nSPS) is 31.0. The molecule has 2 saturated heterocycles. The molecule has 0 radical (unpaired) electrons. The zero-order valence-electron chi connectivity index (χ0n) is 13.0. The monoisotopic (exact) mass is 319 g/mol. The number of hydrogen-bond acceptors (Lipinski definition) is 4. The lowest BCUT2D eigenvalue weighted by Gasteiger charge is -2.41. The molecule has 0 amide bonds. The second kappa shape index (κ2) is 6.01. The summed E-state index contributed by atoms with van der Waals surface area (Å²) in [6.07, 6.45) is 3.70. The highest BCUT2D eigenvalue weighted by atomic mass is 35.5. The van der Waals surface area contributed by atoms with Gasteiger partial charge in [-0.25, -0.2) is 0 Å². The summed E-state index contributed by atoms with van der Waals surface area (Å²) >= 11 is 0. The fourth-order valence-electron chi connectivity index (χ4n) is 4.29. The standard InChI is InChI=1S/C17H21N3O.ClH/c1-11-18-17(21-19-11)16-14(12-6-4-3-5-7-12)10-13-8-9-15(16)20(13)2;/h3-7,13-16H,8-10H2,1-2H3;1H/t13-,14?,15?,16+;/m1./s1. The number of benzene rings is 1. The Balaban J connectivity index is 0.00000144. The average molecular weight is 320 g/mol. The molecule has 4 atom stereocenters. The Morgan fingerprint density at radius 1 is 1.18 bits per heavy atom. The number of hydrogen-bond donors (Lipinski definition) is 0. The van der Waals surface area contributed by atoms with E-state index in [9.17, 15) is 0 Å². The van der Waals surface area contributed by atoms with Gasteiger partial charge < -0.3 is 4.52 Å². The van der Waals surface area contributed by atoms with Gasteiger partial charge >= 0.3 is 0 Å². The lowest BCUT2D eigenvalue weighted by molar-refractivity contribution is 0.120. The van der Waals surface area contributed by atoms with Crippen LogP contribution < -0.4 is 0 Å². The number of aromatic nitrogens is 2. The smallest absolute Gasteiger partial charge is 0.231 e. The molecule has 5 heteroatoms. The summed E-state index contributed by atoms with van der Waals surface area (Å²) in [6.45, 7) is 1.90. The van der Waals surface area contributed by atoms with E-state index >= 15 is 0 Å². The second-order valence-electron chi connectivity index (χ2n) is 6.42. The fraction of sp³-hybridized carbons (Fsp3) is 0.529. The highest BCUT2D eigenvalue weighted by Gasteiger charge is 2.48. The van der Waals surface area contributed by atoms with Crippen molar-refractivity contribution in [2.45, 2.75) is 50.1 Å². The van der Waals surface area contributed by atoms with Gasteiger partial charge in [0.25, 0.3) is 0 Å². The maximum atomic E-state index is 5.57. The molecule has 2 bridgehead atoms. The van der Waals surface area contributed by atoms with Gasteiger partial charge in [0, 0.05) is 12.1 Å². The topological polar surface area (TPSA) is 42.2 Å². The number of aryl methyl sites for hydroxylation is 1. The minimum atomic E-state index is 0. The van der Waals surface area contributed by atoms with Crippen LogP contribution in [-0.2, 0) is 0 Å². The molecule has 0 aliphatic carbocycles. The minimum absolute atomic E-state index is 0. The SMILES string of the molecule is Cc1noc([C@H]2C(c3ccccc3)C[C@H]3CCC2N3C)n1.Cl. The van der Waals surface area contributed by atoms with Crippen molar-refractivity contribution in [3.05, 3.63) is 47.6 Å². The van der Waals surface area contributed by atoms with Crippen LogP contribution in [-0.4, -0.2) is 34.2 Å². The van der Waals surface area contributed by atoms with Gasteiger partial charge in [-0.05, 0) is 44.7 Å². The molecule has 1 aromatic carbocycles. The van der Waals surface area contributed by atoms with Crippen LogP contribution in [0.25, 0.3) is 0 Å². The van der Waals surface area contributed by atoms with E-state index in [0.717, 1.165) is 11.7 Å². The molecule has 2 fully saturated rings. The average Bonchev–Trinajstić information content (AvgIpc) is 3.01. The Kier molecular flexibility index (Phi) is 4.24. The first-order chi connectivity index (χ1) is 10.2. The summed E-state index contributed by atoms with van der Waals surface area (Å²) in [5, 5.41) is 4.02. The van der Waals surface area contributed by atoms with Crippen molar-refractivity contribution < 1.29 is 4.52 Å². The molecule has 2 aromatic rings. The van der Waals surface area contributed by atoms with Crippen molar-refractivity contribution in [2.24, 2.45) is 0 Å². The predicted molar refractivity (Wildman–Crippen MR) is 87.4 cm³/mol. The van der Waals surface area contributed by atoms with Crippen molar-refractivity contribution >= 4 is 12.4 Å². The van der Waals surface area contributed by atoms with Gasteiger partial charge in [-0.15, -0.1) is 12.4 Å². The van der Waals surface area contributed by atoms with Crippen LogP contribution in [0.15, 0.2) is 34.9 Å². The van der Waals surface area contributed by atoms with Crippen molar-refractivity contribution in [1.82, 2.24) is 15.0 Å². The largest absolute Gasteiger partial charge is 0.339 e. The van der Waals surface area contributed by atoms with Crippen LogP contribution in [0.4, 0.5) is 0 Å². The third kappa shape index (κ3) is 2.44. The van der Waals surface area contributed by atoms with E-state index in [1.54, 1.807) is 0 Å². The summed E-state index contributed by atoms with van der Waals surface area (Å²) in [7, 11) is 2.25. The maximum absolute atomic E-state index is 5.57. The van der Waals surface area contributed by atoms with E-state index in [-0.39, 0.29) is 12.4 Å². The van der Waals surface area contributed by atoms with Gasteiger partial charge in [-0.1, -0.05) is 35.5 Å². The molecule has 118 valence electrons. The van der Waals surface area contributed by atoms with Crippen LogP contribution in [0.3, 0.4) is 0 Å². The third-order valence-electron chi connectivity index (χ3n) is 5.32. The third-order valence-corrected chi connectivity index (χ3v) is 5.32. The van der Waals surface area contributed by atoms with Crippen molar-refractivity contribution in [2.75, 3.05) is 7.05 Å². The lowest BCUT2D eigenvalue weighted by atomic mass is 9.76. The molecule has 3 heterocycles. The maximum Gasteiger partial charge on any atom is 0.231 e. The highest BCUT2D eigenvalue weighted by molar-refractivity contribution is 5.85. The second-order valence-corrected chi connectivity index (χ2v) is 6.42. The molecule has 1 aromatic heterocycles. The molecular weight excluding hydrogens is 298 g/mol. The van der Waals surface area contributed by atoms with Gasteiger partial charge in [0.1, 0.15) is 0 Å². The van der Waals surface area contributed by atoms with Crippen molar-refractivity contribution in [3.8, 4) is 0 Å². The van der Waals surface area contributed by atoms with Crippen LogP contribution in [0, 0.1) is 6.92 Å². The number of rotatable bonds is 2.